The highest BCUT2D eigenvalue weighted by molar-refractivity contribution is 7.90. The molecule has 0 spiro atoms. The van der Waals surface area contributed by atoms with Crippen molar-refractivity contribution in [3.63, 3.8) is 0 Å². The largest absolute Gasteiger partial charge is 0.326 e. The first-order valence-electron chi connectivity index (χ1n) is 7.09. The first-order valence-corrected chi connectivity index (χ1v) is 9.39. The van der Waals surface area contributed by atoms with Crippen molar-refractivity contribution in [3.05, 3.63) is 29.1 Å². The SMILES string of the molecule is CC(C)(NS(=O)(=O)c1c(CN)sc2ccccc12)C1CC1. The van der Waals surface area contributed by atoms with Gasteiger partial charge in [0.2, 0.25) is 10.0 Å². The maximum Gasteiger partial charge on any atom is 0.242 e. The molecule has 1 aromatic heterocycles. The molecule has 0 unspecified atom stereocenters. The van der Waals surface area contributed by atoms with Crippen LogP contribution < -0.4 is 10.5 Å². The van der Waals surface area contributed by atoms with E-state index in [4.69, 9.17) is 5.73 Å². The van der Waals surface area contributed by atoms with Crippen LogP contribution in [0.25, 0.3) is 10.1 Å². The lowest BCUT2D eigenvalue weighted by atomic mass is 10.0. The minimum absolute atomic E-state index is 0.236. The highest BCUT2D eigenvalue weighted by Crippen LogP contribution is 2.41. The summed E-state index contributed by atoms with van der Waals surface area (Å²) in [7, 11) is -3.57. The quantitative estimate of drug-likeness (QED) is 0.888. The zero-order valence-corrected chi connectivity index (χ0v) is 13.9. The first-order chi connectivity index (χ1) is 9.85. The van der Waals surface area contributed by atoms with E-state index in [0.29, 0.717) is 10.8 Å². The van der Waals surface area contributed by atoms with Crippen LogP contribution in [0.4, 0.5) is 0 Å². The van der Waals surface area contributed by atoms with Crippen LogP contribution in [0.1, 0.15) is 31.6 Å². The fraction of sp³-hybridized carbons (Fsp3) is 0.467. The maximum atomic E-state index is 12.9. The van der Waals surface area contributed by atoms with E-state index < -0.39 is 15.6 Å². The van der Waals surface area contributed by atoms with Gasteiger partial charge < -0.3 is 5.73 Å². The summed E-state index contributed by atoms with van der Waals surface area (Å²) >= 11 is 1.46. The van der Waals surface area contributed by atoms with Gasteiger partial charge in [0.15, 0.2) is 0 Å². The van der Waals surface area contributed by atoms with Crippen molar-refractivity contribution in [2.24, 2.45) is 11.7 Å². The maximum absolute atomic E-state index is 12.9. The van der Waals surface area contributed by atoms with E-state index in [0.717, 1.165) is 27.8 Å². The fourth-order valence-electron chi connectivity index (χ4n) is 2.79. The van der Waals surface area contributed by atoms with E-state index >= 15 is 0 Å². The zero-order valence-electron chi connectivity index (χ0n) is 12.2. The van der Waals surface area contributed by atoms with E-state index in [1.165, 1.54) is 11.3 Å². The minimum Gasteiger partial charge on any atom is -0.326 e. The molecular formula is C15H20N2O2S2. The second-order valence-electron chi connectivity index (χ2n) is 6.16. The molecule has 2 aromatic rings. The first kappa shape index (κ1) is 15.0. The lowest BCUT2D eigenvalue weighted by molar-refractivity contribution is 0.400. The van der Waals surface area contributed by atoms with E-state index in [1.54, 1.807) is 0 Å². The molecule has 0 aliphatic heterocycles. The van der Waals surface area contributed by atoms with Gasteiger partial charge in [0.1, 0.15) is 4.90 Å². The molecule has 0 amide bonds. The number of sulfonamides is 1. The number of nitrogens with two attached hydrogens (primary N) is 1. The van der Waals surface area contributed by atoms with Crippen molar-refractivity contribution >= 4 is 31.4 Å². The Morgan fingerprint density at radius 1 is 1.33 bits per heavy atom. The lowest BCUT2D eigenvalue weighted by Crippen LogP contribution is -2.45. The van der Waals surface area contributed by atoms with Crippen LogP contribution in [-0.4, -0.2) is 14.0 Å². The second-order valence-corrected chi connectivity index (χ2v) is 8.91. The molecular weight excluding hydrogens is 304 g/mol. The van der Waals surface area contributed by atoms with Crippen LogP contribution in [0.5, 0.6) is 0 Å². The molecule has 0 saturated heterocycles. The molecule has 1 heterocycles. The topological polar surface area (TPSA) is 72.2 Å². The second kappa shape index (κ2) is 5.05. The summed E-state index contributed by atoms with van der Waals surface area (Å²) in [6, 6.07) is 7.56. The Morgan fingerprint density at radius 3 is 2.62 bits per heavy atom. The molecule has 1 aliphatic carbocycles. The molecule has 3 rings (SSSR count). The predicted octanol–water partition coefficient (Wildman–Crippen LogP) is 2.83. The van der Waals surface area contributed by atoms with Crippen molar-refractivity contribution in [3.8, 4) is 0 Å². The molecule has 6 heteroatoms. The van der Waals surface area contributed by atoms with Crippen LogP contribution in [0.2, 0.25) is 0 Å². The fourth-order valence-corrected chi connectivity index (χ4v) is 6.10. The summed E-state index contributed by atoms with van der Waals surface area (Å²) < 4.78 is 29.6. The summed E-state index contributed by atoms with van der Waals surface area (Å²) in [5.74, 6) is 0.429. The Hall–Kier alpha value is -0.950. The van der Waals surface area contributed by atoms with E-state index in [9.17, 15) is 8.42 Å². The van der Waals surface area contributed by atoms with Crippen LogP contribution in [0, 0.1) is 5.92 Å². The molecule has 0 bridgehead atoms. The normalized spacial score (nSPS) is 16.5. The van der Waals surface area contributed by atoms with Gasteiger partial charge in [-0.05, 0) is 38.7 Å². The lowest BCUT2D eigenvalue weighted by Gasteiger charge is -2.26. The highest BCUT2D eigenvalue weighted by atomic mass is 32.2. The summed E-state index contributed by atoms with van der Waals surface area (Å²) in [6.07, 6.45) is 2.17. The zero-order chi connectivity index (χ0) is 15.3. The van der Waals surface area contributed by atoms with Crippen LogP contribution in [0.3, 0.4) is 0 Å². The average molecular weight is 324 g/mol. The Kier molecular flexibility index (Phi) is 3.60. The van der Waals surface area contributed by atoms with Crippen molar-refractivity contribution in [1.29, 1.82) is 0 Å². The third kappa shape index (κ3) is 2.73. The Morgan fingerprint density at radius 2 is 2.00 bits per heavy atom. The van der Waals surface area contributed by atoms with Gasteiger partial charge in [-0.1, -0.05) is 18.2 Å². The Labute approximate surface area is 129 Å². The minimum atomic E-state index is -3.57. The third-order valence-electron chi connectivity index (χ3n) is 4.07. The highest BCUT2D eigenvalue weighted by Gasteiger charge is 2.41. The molecule has 3 N–H and O–H groups in total. The van der Waals surface area contributed by atoms with Crippen molar-refractivity contribution in [1.82, 2.24) is 4.72 Å². The Bertz CT molecular complexity index is 774. The molecule has 4 nitrogen and oxygen atoms in total. The van der Waals surface area contributed by atoms with Gasteiger partial charge in [0.05, 0.1) is 0 Å². The Balaban J connectivity index is 2.09. The number of fused-ring (bicyclic) bond motifs is 1. The third-order valence-corrected chi connectivity index (χ3v) is 7.19. The molecule has 1 saturated carbocycles. The molecule has 0 radical (unpaired) electrons. The smallest absolute Gasteiger partial charge is 0.242 e. The average Bonchev–Trinajstić information content (AvgIpc) is 3.18. The molecule has 1 aliphatic rings. The molecule has 0 atom stereocenters. The summed E-state index contributed by atoms with van der Waals surface area (Å²) in [4.78, 5) is 1.08. The van der Waals surface area contributed by atoms with Gasteiger partial charge in [0.25, 0.3) is 0 Å². The molecule has 1 aromatic carbocycles. The van der Waals surface area contributed by atoms with Crippen molar-refractivity contribution < 1.29 is 8.42 Å². The van der Waals surface area contributed by atoms with E-state index in [-0.39, 0.29) is 6.54 Å². The monoisotopic (exact) mass is 324 g/mol. The molecule has 114 valence electrons. The van der Waals surface area contributed by atoms with Gasteiger partial charge in [0, 0.05) is 27.0 Å². The van der Waals surface area contributed by atoms with Gasteiger partial charge in [-0.25, -0.2) is 13.1 Å². The van der Waals surface area contributed by atoms with Crippen molar-refractivity contribution in [2.75, 3.05) is 0 Å². The van der Waals surface area contributed by atoms with Crippen LogP contribution in [-0.2, 0) is 16.6 Å². The van der Waals surface area contributed by atoms with Crippen LogP contribution in [0.15, 0.2) is 29.2 Å². The number of hydrogen-bond donors (Lipinski definition) is 2. The summed E-state index contributed by atoms with van der Waals surface area (Å²) in [5.41, 5.74) is 5.36. The van der Waals surface area contributed by atoms with Crippen LogP contribution >= 0.6 is 11.3 Å². The number of rotatable bonds is 5. The predicted molar refractivity (Wildman–Crippen MR) is 86.8 cm³/mol. The molecule has 21 heavy (non-hydrogen) atoms. The number of thiophene rings is 1. The standard InChI is InChI=1S/C15H20N2O2S2/c1-15(2,10-7-8-10)17-21(18,19)14-11-5-3-4-6-12(11)20-13(14)9-16/h3-6,10,17H,7-9,16H2,1-2H3. The van der Waals surface area contributed by atoms with Gasteiger partial charge >= 0.3 is 0 Å². The van der Waals surface area contributed by atoms with Gasteiger partial charge in [-0.2, -0.15) is 0 Å². The number of nitrogens with one attached hydrogen (secondary N) is 1. The van der Waals surface area contributed by atoms with E-state index in [1.807, 2.05) is 38.1 Å². The van der Waals surface area contributed by atoms with Crippen molar-refractivity contribution in [2.45, 2.75) is 43.7 Å². The van der Waals surface area contributed by atoms with Gasteiger partial charge in [-0.15, -0.1) is 11.3 Å². The van der Waals surface area contributed by atoms with E-state index in [2.05, 4.69) is 4.72 Å². The summed E-state index contributed by atoms with van der Waals surface area (Å²) in [6.45, 7) is 4.15. The number of benzene rings is 1. The number of hydrogen-bond acceptors (Lipinski definition) is 4. The molecule has 1 fully saturated rings. The summed E-state index contributed by atoms with van der Waals surface area (Å²) in [5, 5.41) is 0.766. The van der Waals surface area contributed by atoms with Gasteiger partial charge in [-0.3, -0.25) is 0 Å².